The monoisotopic (exact) mass is 280 g/mol. The minimum atomic E-state index is 0.221. The predicted molar refractivity (Wildman–Crippen MR) is 84.7 cm³/mol. The van der Waals surface area contributed by atoms with Crippen molar-refractivity contribution < 1.29 is 0 Å². The Hall–Kier alpha value is -0.380. The molecule has 19 heavy (non-hydrogen) atoms. The minimum absolute atomic E-state index is 0.221. The van der Waals surface area contributed by atoms with Crippen LogP contribution in [0.3, 0.4) is 0 Å². The van der Waals surface area contributed by atoms with Gasteiger partial charge in [-0.2, -0.15) is 0 Å². The molecular formula is C16H28N2S. The molecule has 2 N–H and O–H groups in total. The van der Waals surface area contributed by atoms with Gasteiger partial charge in [-0.15, -0.1) is 11.3 Å². The van der Waals surface area contributed by atoms with E-state index in [0.29, 0.717) is 5.41 Å². The van der Waals surface area contributed by atoms with Gasteiger partial charge in [-0.05, 0) is 49.6 Å². The summed E-state index contributed by atoms with van der Waals surface area (Å²) in [6, 6.07) is 4.38. The van der Waals surface area contributed by atoms with Crippen molar-refractivity contribution in [2.45, 2.75) is 51.5 Å². The Bertz CT molecular complexity index is 385. The van der Waals surface area contributed by atoms with E-state index < -0.39 is 0 Å². The van der Waals surface area contributed by atoms with Gasteiger partial charge in [0, 0.05) is 23.5 Å². The zero-order valence-corrected chi connectivity index (χ0v) is 13.4. The number of hydrogen-bond acceptors (Lipinski definition) is 3. The molecule has 1 saturated carbocycles. The number of likely N-dealkylation sites (N-methyl/N-ethyl adjacent to an activating group) is 1. The highest BCUT2D eigenvalue weighted by atomic mass is 32.1. The van der Waals surface area contributed by atoms with Crippen LogP contribution in [-0.2, 0) is 6.42 Å². The highest BCUT2D eigenvalue weighted by Gasteiger charge is 2.41. The van der Waals surface area contributed by atoms with E-state index in [1.165, 1.54) is 30.6 Å². The summed E-state index contributed by atoms with van der Waals surface area (Å²) in [7, 11) is 2.27. The second kappa shape index (κ2) is 5.94. The fraction of sp³-hybridized carbons (Fsp3) is 0.750. The molecule has 1 aromatic heterocycles. The van der Waals surface area contributed by atoms with Crippen LogP contribution in [0.1, 0.15) is 44.4 Å². The van der Waals surface area contributed by atoms with Crippen LogP contribution in [0.4, 0.5) is 0 Å². The quantitative estimate of drug-likeness (QED) is 0.894. The topological polar surface area (TPSA) is 29.3 Å². The van der Waals surface area contributed by atoms with Gasteiger partial charge in [-0.25, -0.2) is 0 Å². The number of hydrogen-bond donors (Lipinski definition) is 1. The van der Waals surface area contributed by atoms with Crippen LogP contribution >= 0.6 is 11.3 Å². The van der Waals surface area contributed by atoms with E-state index in [4.69, 9.17) is 5.73 Å². The number of thiophene rings is 1. The van der Waals surface area contributed by atoms with Crippen molar-refractivity contribution in [2.75, 3.05) is 20.1 Å². The number of nitrogens with zero attached hydrogens (tertiary/aromatic N) is 1. The van der Waals surface area contributed by atoms with E-state index in [1.807, 2.05) is 11.3 Å². The third-order valence-corrected chi connectivity index (χ3v) is 5.70. The minimum Gasteiger partial charge on any atom is -0.329 e. The third-order valence-electron chi connectivity index (χ3n) is 4.77. The maximum atomic E-state index is 6.17. The van der Waals surface area contributed by atoms with Crippen LogP contribution in [-0.4, -0.2) is 30.6 Å². The van der Waals surface area contributed by atoms with Gasteiger partial charge >= 0.3 is 0 Å². The van der Waals surface area contributed by atoms with Crippen molar-refractivity contribution in [2.24, 2.45) is 11.1 Å². The second-order valence-electron chi connectivity index (χ2n) is 6.87. The molecule has 0 spiro atoms. The van der Waals surface area contributed by atoms with Crippen LogP contribution in [0.25, 0.3) is 0 Å². The van der Waals surface area contributed by atoms with Crippen molar-refractivity contribution in [3.05, 3.63) is 22.4 Å². The van der Waals surface area contributed by atoms with Gasteiger partial charge in [0.05, 0.1) is 0 Å². The van der Waals surface area contributed by atoms with Gasteiger partial charge in [0.2, 0.25) is 0 Å². The predicted octanol–water partition coefficient (Wildman–Crippen LogP) is 3.52. The maximum absolute atomic E-state index is 6.17. The van der Waals surface area contributed by atoms with E-state index >= 15 is 0 Å². The highest BCUT2D eigenvalue weighted by Crippen LogP contribution is 2.43. The van der Waals surface area contributed by atoms with Crippen LogP contribution in [0, 0.1) is 5.41 Å². The lowest BCUT2D eigenvalue weighted by atomic mass is 9.67. The smallest absolute Gasteiger partial charge is 0.0333 e. The molecule has 0 bridgehead atoms. The molecule has 2 rings (SSSR count). The first-order valence-electron chi connectivity index (χ1n) is 7.41. The standard InChI is InChI=1S/C16H28N2S/c1-15(2)8-5-9-16(12-15,13-17)18(3)10-7-14-6-4-11-19-14/h4,6,11H,5,7-10,12-13,17H2,1-3H3. The van der Waals surface area contributed by atoms with Gasteiger partial charge in [-0.1, -0.05) is 26.3 Å². The molecule has 1 unspecified atom stereocenters. The SMILES string of the molecule is CN(CCc1cccs1)C1(CN)CCCC(C)(C)C1. The molecule has 0 aliphatic heterocycles. The first-order chi connectivity index (χ1) is 8.97. The molecule has 0 amide bonds. The van der Waals surface area contributed by atoms with Gasteiger partial charge in [-0.3, -0.25) is 4.90 Å². The van der Waals surface area contributed by atoms with Crippen molar-refractivity contribution >= 4 is 11.3 Å². The summed E-state index contributed by atoms with van der Waals surface area (Å²) in [6.45, 7) is 6.69. The molecule has 1 atom stereocenters. The Morgan fingerprint density at radius 1 is 1.37 bits per heavy atom. The largest absolute Gasteiger partial charge is 0.329 e. The molecule has 0 saturated heterocycles. The normalized spacial score (nSPS) is 26.8. The molecule has 1 aliphatic rings. The Morgan fingerprint density at radius 2 is 2.16 bits per heavy atom. The Balaban J connectivity index is 1.99. The highest BCUT2D eigenvalue weighted by molar-refractivity contribution is 7.09. The van der Waals surface area contributed by atoms with Gasteiger partial charge in [0.1, 0.15) is 0 Å². The fourth-order valence-corrected chi connectivity index (χ4v) is 4.29. The molecule has 0 aromatic carbocycles. The average Bonchev–Trinajstić information content (AvgIpc) is 2.87. The summed E-state index contributed by atoms with van der Waals surface area (Å²) in [5.74, 6) is 0. The summed E-state index contributed by atoms with van der Waals surface area (Å²) in [4.78, 5) is 4.02. The van der Waals surface area contributed by atoms with Gasteiger partial charge in [0.15, 0.2) is 0 Å². The summed E-state index contributed by atoms with van der Waals surface area (Å²) >= 11 is 1.86. The second-order valence-corrected chi connectivity index (χ2v) is 7.91. The van der Waals surface area contributed by atoms with E-state index in [1.54, 1.807) is 0 Å². The number of nitrogens with two attached hydrogens (primary N) is 1. The molecule has 1 aromatic rings. The molecule has 0 radical (unpaired) electrons. The zero-order valence-electron chi connectivity index (χ0n) is 12.6. The first kappa shape index (κ1) is 15.0. The van der Waals surface area contributed by atoms with E-state index in [2.05, 4.69) is 43.3 Å². The van der Waals surface area contributed by atoms with Crippen molar-refractivity contribution in [1.82, 2.24) is 4.90 Å². The first-order valence-corrected chi connectivity index (χ1v) is 8.29. The summed E-state index contributed by atoms with van der Waals surface area (Å²) < 4.78 is 0. The molecule has 1 aliphatic carbocycles. The van der Waals surface area contributed by atoms with E-state index in [-0.39, 0.29) is 5.54 Å². The Morgan fingerprint density at radius 3 is 2.74 bits per heavy atom. The fourth-order valence-electron chi connectivity index (χ4n) is 3.59. The maximum Gasteiger partial charge on any atom is 0.0333 e. The lowest BCUT2D eigenvalue weighted by Crippen LogP contribution is -2.56. The Labute approximate surface area is 122 Å². The van der Waals surface area contributed by atoms with Crippen molar-refractivity contribution in [3.63, 3.8) is 0 Å². The summed E-state index contributed by atoms with van der Waals surface area (Å²) in [5, 5.41) is 2.16. The summed E-state index contributed by atoms with van der Waals surface area (Å²) in [5.41, 5.74) is 6.83. The van der Waals surface area contributed by atoms with Crippen LogP contribution in [0.5, 0.6) is 0 Å². The number of rotatable bonds is 5. The van der Waals surface area contributed by atoms with E-state index in [9.17, 15) is 0 Å². The van der Waals surface area contributed by atoms with E-state index in [0.717, 1.165) is 19.5 Å². The molecule has 3 heteroatoms. The van der Waals surface area contributed by atoms with Gasteiger partial charge in [0.25, 0.3) is 0 Å². The van der Waals surface area contributed by atoms with Crippen LogP contribution < -0.4 is 5.73 Å². The molecular weight excluding hydrogens is 252 g/mol. The van der Waals surface area contributed by atoms with Crippen LogP contribution in [0.2, 0.25) is 0 Å². The molecule has 108 valence electrons. The zero-order chi connectivity index (χ0) is 13.9. The lowest BCUT2D eigenvalue weighted by Gasteiger charge is -2.49. The average molecular weight is 280 g/mol. The van der Waals surface area contributed by atoms with Crippen LogP contribution in [0.15, 0.2) is 17.5 Å². The molecule has 1 fully saturated rings. The molecule has 2 nitrogen and oxygen atoms in total. The van der Waals surface area contributed by atoms with Gasteiger partial charge < -0.3 is 5.73 Å². The third kappa shape index (κ3) is 3.59. The molecule has 1 heterocycles. The Kier molecular flexibility index (Phi) is 4.70. The van der Waals surface area contributed by atoms with Crippen molar-refractivity contribution in [3.8, 4) is 0 Å². The van der Waals surface area contributed by atoms with Crippen molar-refractivity contribution in [1.29, 1.82) is 0 Å². The lowest BCUT2D eigenvalue weighted by molar-refractivity contribution is 0.0283. The summed E-state index contributed by atoms with van der Waals surface area (Å²) in [6.07, 6.45) is 6.29.